The summed E-state index contributed by atoms with van der Waals surface area (Å²) in [6, 6.07) is 10.1. The number of carbonyl (C=O) groups excluding carboxylic acids is 1. The summed E-state index contributed by atoms with van der Waals surface area (Å²) in [7, 11) is 0. The van der Waals surface area contributed by atoms with E-state index in [-0.39, 0.29) is 5.78 Å². The van der Waals surface area contributed by atoms with Crippen LogP contribution in [0.4, 0.5) is 11.4 Å². The van der Waals surface area contributed by atoms with E-state index in [1.165, 1.54) is 12.8 Å². The largest absolute Gasteiger partial charge is 0.467 e. The molecule has 0 bridgehead atoms. The maximum absolute atomic E-state index is 11.6. The second-order valence-corrected chi connectivity index (χ2v) is 5.27. The Morgan fingerprint density at radius 3 is 2.80 bits per heavy atom. The number of nitrogens with two attached hydrogens (primary N) is 1. The zero-order chi connectivity index (χ0) is 14.1. The number of hydrogen-bond donors (Lipinski definition) is 1. The first-order valence-electron chi connectivity index (χ1n) is 6.84. The van der Waals surface area contributed by atoms with Crippen molar-refractivity contribution >= 4 is 17.2 Å². The third-order valence-corrected chi connectivity index (χ3v) is 3.64. The molecule has 4 nitrogen and oxygen atoms in total. The quantitative estimate of drug-likeness (QED) is 0.669. The van der Waals surface area contributed by atoms with Gasteiger partial charge in [-0.15, -0.1) is 0 Å². The molecule has 104 valence electrons. The average Bonchev–Trinajstić information content (AvgIpc) is 3.14. The van der Waals surface area contributed by atoms with E-state index in [9.17, 15) is 4.79 Å². The predicted molar refractivity (Wildman–Crippen MR) is 78.8 cm³/mol. The minimum Gasteiger partial charge on any atom is -0.467 e. The van der Waals surface area contributed by atoms with Crippen molar-refractivity contribution in [1.29, 1.82) is 0 Å². The minimum absolute atomic E-state index is 0.00176. The van der Waals surface area contributed by atoms with E-state index in [0.29, 0.717) is 17.3 Å². The van der Waals surface area contributed by atoms with E-state index < -0.39 is 0 Å². The lowest BCUT2D eigenvalue weighted by Gasteiger charge is -2.24. The Hall–Kier alpha value is -2.23. The average molecular weight is 270 g/mol. The molecule has 20 heavy (non-hydrogen) atoms. The lowest BCUT2D eigenvalue weighted by Crippen LogP contribution is -2.25. The van der Waals surface area contributed by atoms with Gasteiger partial charge in [0.25, 0.3) is 0 Å². The van der Waals surface area contributed by atoms with Crippen LogP contribution in [0, 0.1) is 0 Å². The number of carbonyl (C=O) groups is 1. The molecule has 1 aliphatic carbocycles. The lowest BCUT2D eigenvalue weighted by atomic mass is 10.1. The van der Waals surface area contributed by atoms with Crippen LogP contribution in [0.2, 0.25) is 0 Å². The van der Waals surface area contributed by atoms with Crippen molar-refractivity contribution in [3.63, 3.8) is 0 Å². The van der Waals surface area contributed by atoms with Gasteiger partial charge >= 0.3 is 0 Å². The van der Waals surface area contributed by atoms with Gasteiger partial charge in [-0.1, -0.05) is 0 Å². The molecule has 0 radical (unpaired) electrons. The molecule has 0 unspecified atom stereocenters. The fourth-order valence-corrected chi connectivity index (χ4v) is 2.42. The highest BCUT2D eigenvalue weighted by atomic mass is 16.3. The third-order valence-electron chi connectivity index (χ3n) is 3.64. The molecule has 1 aliphatic rings. The molecule has 0 amide bonds. The van der Waals surface area contributed by atoms with E-state index in [0.717, 1.165) is 18.0 Å². The first-order chi connectivity index (χ1) is 9.65. The molecule has 1 aromatic carbocycles. The van der Waals surface area contributed by atoms with Crippen LogP contribution in [-0.4, -0.2) is 11.8 Å². The van der Waals surface area contributed by atoms with Crippen molar-refractivity contribution in [2.45, 2.75) is 32.4 Å². The van der Waals surface area contributed by atoms with Gasteiger partial charge in [0.1, 0.15) is 5.76 Å². The molecule has 0 saturated heterocycles. The summed E-state index contributed by atoms with van der Waals surface area (Å²) in [5.41, 5.74) is 8.02. The van der Waals surface area contributed by atoms with Gasteiger partial charge < -0.3 is 15.1 Å². The minimum atomic E-state index is -0.00176. The summed E-state index contributed by atoms with van der Waals surface area (Å²) in [6.45, 7) is 2.27. The molecule has 1 fully saturated rings. The van der Waals surface area contributed by atoms with E-state index in [1.807, 2.05) is 30.3 Å². The Labute approximate surface area is 118 Å². The van der Waals surface area contributed by atoms with Crippen LogP contribution in [0.1, 0.15) is 35.9 Å². The highest BCUT2D eigenvalue weighted by Gasteiger charge is 2.30. The highest BCUT2D eigenvalue weighted by Crippen LogP contribution is 2.34. The molecular formula is C16H18N2O2. The Bertz CT molecular complexity index is 615. The maximum atomic E-state index is 11.6. The van der Waals surface area contributed by atoms with Crippen LogP contribution in [0.3, 0.4) is 0 Å². The lowest BCUT2D eigenvalue weighted by molar-refractivity contribution is 0.101. The van der Waals surface area contributed by atoms with Gasteiger partial charge in [0.05, 0.1) is 12.8 Å². The number of rotatable bonds is 5. The van der Waals surface area contributed by atoms with Crippen molar-refractivity contribution in [2.24, 2.45) is 0 Å². The monoisotopic (exact) mass is 270 g/mol. The molecule has 0 atom stereocenters. The van der Waals surface area contributed by atoms with Gasteiger partial charge in [-0.3, -0.25) is 4.79 Å². The summed E-state index contributed by atoms with van der Waals surface area (Å²) >= 11 is 0. The normalized spacial score (nSPS) is 14.2. The number of ketones is 1. The van der Waals surface area contributed by atoms with Gasteiger partial charge in [-0.25, -0.2) is 0 Å². The summed E-state index contributed by atoms with van der Waals surface area (Å²) in [6.07, 6.45) is 4.05. The Morgan fingerprint density at radius 1 is 1.40 bits per heavy atom. The molecule has 2 aromatic rings. The first kappa shape index (κ1) is 12.8. The van der Waals surface area contributed by atoms with Crippen LogP contribution in [0.25, 0.3) is 0 Å². The first-order valence-corrected chi connectivity index (χ1v) is 6.84. The molecule has 1 heterocycles. The molecular weight excluding hydrogens is 252 g/mol. The fraction of sp³-hybridized carbons (Fsp3) is 0.312. The third kappa shape index (κ3) is 2.54. The Morgan fingerprint density at radius 2 is 2.20 bits per heavy atom. The van der Waals surface area contributed by atoms with Gasteiger partial charge in [-0.2, -0.15) is 0 Å². The topological polar surface area (TPSA) is 59.5 Å². The SMILES string of the molecule is CC(=O)c1cc(N(Cc2ccco2)C2CC2)ccc1N. The number of nitrogens with zero attached hydrogens (tertiary/aromatic N) is 1. The van der Waals surface area contributed by atoms with Crippen molar-refractivity contribution in [3.05, 3.63) is 47.9 Å². The standard InChI is InChI=1S/C16H18N2O2/c1-11(19)15-9-13(6-7-16(15)17)18(12-4-5-12)10-14-3-2-8-20-14/h2-3,6-9,12H,4-5,10,17H2,1H3. The van der Waals surface area contributed by atoms with Gasteiger partial charge in [-0.05, 0) is 50.1 Å². The summed E-state index contributed by atoms with van der Waals surface area (Å²) in [5, 5.41) is 0. The summed E-state index contributed by atoms with van der Waals surface area (Å²) < 4.78 is 5.43. The zero-order valence-corrected chi connectivity index (χ0v) is 11.5. The van der Waals surface area contributed by atoms with Crippen LogP contribution < -0.4 is 10.6 Å². The Kier molecular flexibility index (Phi) is 3.22. The molecule has 0 spiro atoms. The number of benzene rings is 1. The fourth-order valence-electron chi connectivity index (χ4n) is 2.42. The molecule has 1 aromatic heterocycles. The second-order valence-electron chi connectivity index (χ2n) is 5.27. The predicted octanol–water partition coefficient (Wildman–Crippen LogP) is 3.23. The van der Waals surface area contributed by atoms with Gasteiger partial charge in [0.15, 0.2) is 5.78 Å². The van der Waals surface area contributed by atoms with Crippen LogP contribution >= 0.6 is 0 Å². The van der Waals surface area contributed by atoms with Crippen LogP contribution in [-0.2, 0) is 6.54 Å². The van der Waals surface area contributed by atoms with Gasteiger partial charge in [0.2, 0.25) is 0 Å². The molecule has 1 saturated carbocycles. The highest BCUT2D eigenvalue weighted by molar-refractivity contribution is 6.00. The number of hydrogen-bond acceptors (Lipinski definition) is 4. The van der Waals surface area contributed by atoms with Crippen LogP contribution in [0.5, 0.6) is 0 Å². The molecule has 2 N–H and O–H groups in total. The van der Waals surface area contributed by atoms with Crippen molar-refractivity contribution in [2.75, 3.05) is 10.6 Å². The zero-order valence-electron chi connectivity index (χ0n) is 11.5. The molecule has 3 rings (SSSR count). The smallest absolute Gasteiger partial charge is 0.161 e. The molecule has 4 heteroatoms. The van der Waals surface area contributed by atoms with E-state index >= 15 is 0 Å². The van der Waals surface area contributed by atoms with Crippen molar-refractivity contribution < 1.29 is 9.21 Å². The van der Waals surface area contributed by atoms with E-state index in [2.05, 4.69) is 4.90 Å². The van der Waals surface area contributed by atoms with Crippen molar-refractivity contribution in [1.82, 2.24) is 0 Å². The van der Waals surface area contributed by atoms with Crippen molar-refractivity contribution in [3.8, 4) is 0 Å². The van der Waals surface area contributed by atoms with Gasteiger partial charge in [0, 0.05) is 23.0 Å². The molecule has 0 aliphatic heterocycles. The number of anilines is 2. The Balaban J connectivity index is 1.91. The van der Waals surface area contributed by atoms with E-state index in [4.69, 9.17) is 10.2 Å². The second kappa shape index (κ2) is 5.04. The maximum Gasteiger partial charge on any atom is 0.161 e. The summed E-state index contributed by atoms with van der Waals surface area (Å²) in [4.78, 5) is 13.9. The number of furan rings is 1. The summed E-state index contributed by atoms with van der Waals surface area (Å²) in [5.74, 6) is 0.927. The van der Waals surface area contributed by atoms with E-state index in [1.54, 1.807) is 13.2 Å². The number of nitrogen functional groups attached to an aromatic ring is 1. The number of Topliss-reactive ketones (excluding diaryl/α,β-unsaturated/α-hetero) is 1. The van der Waals surface area contributed by atoms with Crippen LogP contribution in [0.15, 0.2) is 41.0 Å².